The second-order valence-corrected chi connectivity index (χ2v) is 7.14. The Morgan fingerprint density at radius 2 is 1.76 bits per heavy atom. The van der Waals surface area contributed by atoms with E-state index in [1.54, 1.807) is 11.3 Å². The number of hydrogen-bond donors (Lipinski definition) is 1. The average molecular weight is 351 g/mol. The number of nitrogens with zero attached hydrogens (tertiary/aromatic N) is 2. The summed E-state index contributed by atoms with van der Waals surface area (Å²) in [5, 5.41) is 3.91. The number of carbonyl (C=O) groups excluding carboxylic acids is 1. The number of aryl methyl sites for hydroxylation is 1. The third-order valence-electron chi connectivity index (χ3n) is 3.90. The monoisotopic (exact) mass is 351 g/mol. The molecule has 3 rings (SSSR count). The van der Waals surface area contributed by atoms with Crippen LogP contribution in [0.2, 0.25) is 0 Å². The van der Waals surface area contributed by atoms with Crippen molar-refractivity contribution in [2.45, 2.75) is 13.3 Å². The summed E-state index contributed by atoms with van der Waals surface area (Å²) in [6.07, 6.45) is 0.339. The molecule has 0 unspecified atom stereocenters. The maximum atomic E-state index is 12.4. The fourth-order valence-corrected chi connectivity index (χ4v) is 3.56. The third kappa shape index (κ3) is 4.25. The first-order valence-corrected chi connectivity index (χ1v) is 8.93. The predicted molar refractivity (Wildman–Crippen MR) is 105 cm³/mol. The number of carbonyl (C=O) groups is 1. The van der Waals surface area contributed by atoms with Gasteiger partial charge in [-0.25, -0.2) is 4.98 Å². The van der Waals surface area contributed by atoms with Crippen LogP contribution in [0.3, 0.4) is 0 Å². The van der Waals surface area contributed by atoms with Gasteiger partial charge in [0.1, 0.15) is 5.01 Å². The van der Waals surface area contributed by atoms with Crippen molar-refractivity contribution in [3.05, 3.63) is 65.2 Å². The largest absolute Gasteiger partial charge is 0.378 e. The molecule has 0 aliphatic rings. The van der Waals surface area contributed by atoms with Gasteiger partial charge < -0.3 is 10.2 Å². The number of anilines is 2. The first-order chi connectivity index (χ1) is 12.0. The van der Waals surface area contributed by atoms with Crippen LogP contribution in [-0.2, 0) is 11.2 Å². The van der Waals surface area contributed by atoms with E-state index in [1.165, 1.54) is 0 Å². The Morgan fingerprint density at radius 3 is 2.40 bits per heavy atom. The van der Waals surface area contributed by atoms with E-state index >= 15 is 0 Å². The van der Waals surface area contributed by atoms with Gasteiger partial charge in [-0.2, -0.15) is 0 Å². The highest BCUT2D eigenvalue weighted by Crippen LogP contribution is 2.28. The second kappa shape index (κ2) is 7.49. The molecule has 0 aliphatic heterocycles. The summed E-state index contributed by atoms with van der Waals surface area (Å²) >= 11 is 1.58. The minimum absolute atomic E-state index is 0.0241. The minimum Gasteiger partial charge on any atom is -0.378 e. The van der Waals surface area contributed by atoms with Gasteiger partial charge in [-0.1, -0.05) is 30.3 Å². The van der Waals surface area contributed by atoms with Crippen LogP contribution in [0.25, 0.3) is 10.6 Å². The van der Waals surface area contributed by atoms with E-state index in [2.05, 4.69) is 10.3 Å². The molecular formula is C20H21N3OS. The number of rotatable bonds is 5. The highest BCUT2D eigenvalue weighted by atomic mass is 32.1. The summed E-state index contributed by atoms with van der Waals surface area (Å²) in [5.41, 5.74) is 3.91. The Labute approximate surface area is 152 Å². The summed E-state index contributed by atoms with van der Waals surface area (Å²) in [7, 11) is 3.98. The Bertz CT molecular complexity index is 854. The van der Waals surface area contributed by atoms with Crippen molar-refractivity contribution >= 4 is 28.6 Å². The highest BCUT2D eigenvalue weighted by Gasteiger charge is 2.13. The van der Waals surface area contributed by atoms with Crippen LogP contribution in [0, 0.1) is 6.92 Å². The maximum absolute atomic E-state index is 12.4. The number of amides is 1. The zero-order valence-electron chi connectivity index (χ0n) is 14.6. The van der Waals surface area contributed by atoms with Gasteiger partial charge in [-0.3, -0.25) is 4.79 Å². The number of nitrogens with one attached hydrogen (secondary N) is 1. The third-order valence-corrected chi connectivity index (χ3v) is 5.11. The quantitative estimate of drug-likeness (QED) is 0.742. The summed E-state index contributed by atoms with van der Waals surface area (Å²) in [5.74, 6) is -0.0241. The molecular weight excluding hydrogens is 330 g/mol. The number of benzene rings is 2. The molecule has 3 aromatic rings. The van der Waals surface area contributed by atoms with Gasteiger partial charge in [0.05, 0.1) is 12.1 Å². The molecule has 0 saturated carbocycles. The fraction of sp³-hybridized carbons (Fsp3) is 0.200. The van der Waals surface area contributed by atoms with Crippen LogP contribution in [0.1, 0.15) is 10.6 Å². The first kappa shape index (κ1) is 17.2. The van der Waals surface area contributed by atoms with Crippen LogP contribution in [0.4, 0.5) is 11.4 Å². The van der Waals surface area contributed by atoms with E-state index in [4.69, 9.17) is 0 Å². The molecule has 0 saturated heterocycles. The summed E-state index contributed by atoms with van der Waals surface area (Å²) in [6.45, 7) is 1.96. The lowest BCUT2D eigenvalue weighted by Gasteiger charge is -2.13. The molecule has 1 amide bonds. The topological polar surface area (TPSA) is 45.2 Å². The summed E-state index contributed by atoms with van der Waals surface area (Å²) in [4.78, 5) is 20.0. The highest BCUT2D eigenvalue weighted by molar-refractivity contribution is 7.15. The minimum atomic E-state index is -0.0241. The molecule has 0 bridgehead atoms. The zero-order valence-corrected chi connectivity index (χ0v) is 15.4. The van der Waals surface area contributed by atoms with Crippen molar-refractivity contribution in [1.82, 2.24) is 4.98 Å². The first-order valence-electron chi connectivity index (χ1n) is 8.12. The SMILES string of the molecule is Cc1nc(-c2ccccc2)sc1CC(=O)Nc1ccc(N(C)C)cc1. The molecule has 1 heterocycles. The molecule has 2 aromatic carbocycles. The van der Waals surface area contributed by atoms with Crippen molar-refractivity contribution in [3.8, 4) is 10.6 Å². The van der Waals surface area contributed by atoms with Crippen LogP contribution >= 0.6 is 11.3 Å². The van der Waals surface area contributed by atoms with E-state index in [0.29, 0.717) is 6.42 Å². The van der Waals surface area contributed by atoms with Crippen LogP contribution < -0.4 is 10.2 Å². The van der Waals surface area contributed by atoms with Gasteiger partial charge >= 0.3 is 0 Å². The van der Waals surface area contributed by atoms with Crippen molar-refractivity contribution in [2.75, 3.05) is 24.3 Å². The predicted octanol–water partition coefficient (Wildman–Crippen LogP) is 4.37. The van der Waals surface area contributed by atoms with Gasteiger partial charge in [-0.15, -0.1) is 11.3 Å². The van der Waals surface area contributed by atoms with Gasteiger partial charge in [-0.05, 0) is 31.2 Å². The lowest BCUT2D eigenvalue weighted by molar-refractivity contribution is -0.115. The number of aromatic nitrogens is 1. The van der Waals surface area contributed by atoms with Crippen molar-refractivity contribution in [2.24, 2.45) is 0 Å². The van der Waals surface area contributed by atoms with Crippen molar-refractivity contribution < 1.29 is 4.79 Å². The molecule has 1 aromatic heterocycles. The maximum Gasteiger partial charge on any atom is 0.229 e. The number of hydrogen-bond acceptors (Lipinski definition) is 4. The fourth-order valence-electron chi connectivity index (χ4n) is 2.49. The zero-order chi connectivity index (χ0) is 17.8. The molecule has 0 fully saturated rings. The average Bonchev–Trinajstić information content (AvgIpc) is 2.97. The Morgan fingerprint density at radius 1 is 1.08 bits per heavy atom. The molecule has 128 valence electrons. The van der Waals surface area contributed by atoms with E-state index in [-0.39, 0.29) is 5.91 Å². The Kier molecular flexibility index (Phi) is 5.14. The lowest BCUT2D eigenvalue weighted by atomic mass is 10.2. The van der Waals surface area contributed by atoms with Gasteiger partial charge in [0.25, 0.3) is 0 Å². The van der Waals surface area contributed by atoms with Gasteiger partial charge in [0.15, 0.2) is 0 Å². The Balaban J connectivity index is 1.68. The molecule has 25 heavy (non-hydrogen) atoms. The van der Waals surface area contributed by atoms with Crippen molar-refractivity contribution in [3.63, 3.8) is 0 Å². The van der Waals surface area contributed by atoms with Gasteiger partial charge in [0, 0.05) is 35.9 Å². The lowest BCUT2D eigenvalue weighted by Crippen LogP contribution is -2.14. The smallest absolute Gasteiger partial charge is 0.229 e. The van der Waals surface area contributed by atoms with Gasteiger partial charge in [0.2, 0.25) is 5.91 Å². The van der Waals surface area contributed by atoms with E-state index in [9.17, 15) is 4.79 Å². The molecule has 0 aliphatic carbocycles. The van der Waals surface area contributed by atoms with E-state index in [0.717, 1.165) is 32.5 Å². The summed E-state index contributed by atoms with van der Waals surface area (Å²) < 4.78 is 0. The summed E-state index contributed by atoms with van der Waals surface area (Å²) in [6, 6.07) is 17.9. The van der Waals surface area contributed by atoms with Crippen LogP contribution in [0.5, 0.6) is 0 Å². The molecule has 0 atom stereocenters. The number of thiazole rings is 1. The Hall–Kier alpha value is -2.66. The molecule has 1 N–H and O–H groups in total. The second-order valence-electron chi connectivity index (χ2n) is 6.06. The normalized spacial score (nSPS) is 10.5. The van der Waals surface area contributed by atoms with E-state index < -0.39 is 0 Å². The molecule has 0 radical (unpaired) electrons. The standard InChI is InChI=1S/C20H21N3OS/c1-14-18(25-20(21-14)15-7-5-4-6-8-15)13-19(24)22-16-9-11-17(12-10-16)23(2)3/h4-12H,13H2,1-3H3,(H,22,24). The van der Waals surface area contributed by atoms with E-state index in [1.807, 2.05) is 80.5 Å². The van der Waals surface area contributed by atoms with Crippen molar-refractivity contribution in [1.29, 1.82) is 0 Å². The molecule has 4 nitrogen and oxygen atoms in total. The van der Waals surface area contributed by atoms with Crippen LogP contribution in [0.15, 0.2) is 54.6 Å². The molecule has 5 heteroatoms. The van der Waals surface area contributed by atoms with Crippen LogP contribution in [-0.4, -0.2) is 25.0 Å². The molecule has 0 spiro atoms.